The van der Waals surface area contributed by atoms with Gasteiger partial charge in [0, 0.05) is 24.2 Å². The van der Waals surface area contributed by atoms with Gasteiger partial charge in [-0.3, -0.25) is 9.80 Å². The van der Waals surface area contributed by atoms with Gasteiger partial charge >= 0.3 is 0 Å². The average Bonchev–Trinajstić information content (AvgIpc) is 2.76. The number of rotatable bonds is 6. The molecule has 3 heteroatoms. The van der Waals surface area contributed by atoms with Crippen molar-refractivity contribution in [2.45, 2.75) is 32.0 Å². The fraction of sp³-hybridized carbons (Fsp3) is 0.308. The average molecular weight is 405 g/mol. The maximum absolute atomic E-state index is 6.00. The standard InChI is InChI=1S/C26H29ClN2/c1-28(26-15-17-29(18-16-26)20-21-5-3-2-4-6-21)19-22-7-9-23(10-8-22)24-11-13-25(27)14-12-24/h2-14,26H,15-20H2,1H3. The van der Waals surface area contributed by atoms with E-state index in [1.54, 1.807) is 0 Å². The summed E-state index contributed by atoms with van der Waals surface area (Å²) in [5, 5.41) is 0.779. The first-order valence-corrected chi connectivity index (χ1v) is 10.9. The minimum absolute atomic E-state index is 0.665. The minimum Gasteiger partial charge on any atom is -0.299 e. The molecule has 0 aliphatic carbocycles. The van der Waals surface area contributed by atoms with Crippen LogP contribution in [0.4, 0.5) is 0 Å². The van der Waals surface area contributed by atoms with Gasteiger partial charge in [0.05, 0.1) is 0 Å². The first-order valence-electron chi connectivity index (χ1n) is 10.5. The van der Waals surface area contributed by atoms with E-state index in [9.17, 15) is 0 Å². The Morgan fingerprint density at radius 1 is 0.793 bits per heavy atom. The number of piperidine rings is 1. The maximum atomic E-state index is 6.00. The van der Waals surface area contributed by atoms with Gasteiger partial charge in [-0.2, -0.15) is 0 Å². The predicted molar refractivity (Wildman–Crippen MR) is 123 cm³/mol. The molecule has 1 aliphatic heterocycles. The molecule has 4 rings (SSSR count). The Morgan fingerprint density at radius 3 is 2.00 bits per heavy atom. The van der Waals surface area contributed by atoms with Crippen LogP contribution in [0.3, 0.4) is 0 Å². The molecule has 0 radical (unpaired) electrons. The lowest BCUT2D eigenvalue weighted by atomic mass is 10.0. The molecule has 1 fully saturated rings. The van der Waals surface area contributed by atoms with E-state index < -0.39 is 0 Å². The van der Waals surface area contributed by atoms with Crippen LogP contribution in [0, 0.1) is 0 Å². The summed E-state index contributed by atoms with van der Waals surface area (Å²) in [6, 6.07) is 28.5. The van der Waals surface area contributed by atoms with Crippen LogP contribution in [0.15, 0.2) is 78.9 Å². The highest BCUT2D eigenvalue weighted by Gasteiger charge is 2.22. The predicted octanol–water partition coefficient (Wildman–Crippen LogP) is 6.10. The van der Waals surface area contributed by atoms with E-state index in [4.69, 9.17) is 11.6 Å². The van der Waals surface area contributed by atoms with Crippen LogP contribution < -0.4 is 0 Å². The molecule has 0 atom stereocenters. The van der Waals surface area contributed by atoms with E-state index in [2.05, 4.69) is 83.6 Å². The number of likely N-dealkylation sites (tertiary alicyclic amines) is 1. The zero-order valence-electron chi connectivity index (χ0n) is 17.1. The molecule has 1 saturated heterocycles. The number of hydrogen-bond acceptors (Lipinski definition) is 2. The van der Waals surface area contributed by atoms with Gasteiger partial charge in [-0.05, 0) is 67.4 Å². The highest BCUT2D eigenvalue weighted by molar-refractivity contribution is 6.30. The molecule has 0 bridgehead atoms. The van der Waals surface area contributed by atoms with Gasteiger partial charge in [-0.15, -0.1) is 0 Å². The Hall–Kier alpha value is -2.13. The van der Waals surface area contributed by atoms with Gasteiger partial charge in [0.2, 0.25) is 0 Å². The van der Waals surface area contributed by atoms with Crippen LogP contribution in [-0.4, -0.2) is 36.0 Å². The lowest BCUT2D eigenvalue weighted by Crippen LogP contribution is -2.42. The fourth-order valence-electron chi connectivity index (χ4n) is 4.22. The Kier molecular flexibility index (Phi) is 6.66. The lowest BCUT2D eigenvalue weighted by Gasteiger charge is -2.37. The zero-order chi connectivity index (χ0) is 20.1. The second-order valence-corrected chi connectivity index (χ2v) is 8.55. The van der Waals surface area contributed by atoms with E-state index >= 15 is 0 Å². The normalized spacial score (nSPS) is 15.7. The number of benzene rings is 3. The van der Waals surface area contributed by atoms with Crippen LogP contribution in [0.5, 0.6) is 0 Å². The molecule has 2 nitrogen and oxygen atoms in total. The topological polar surface area (TPSA) is 6.48 Å². The molecular weight excluding hydrogens is 376 g/mol. The zero-order valence-corrected chi connectivity index (χ0v) is 17.9. The van der Waals surface area contributed by atoms with E-state index in [1.807, 2.05) is 12.1 Å². The van der Waals surface area contributed by atoms with Crippen molar-refractivity contribution in [2.24, 2.45) is 0 Å². The van der Waals surface area contributed by atoms with Gasteiger partial charge in [0.15, 0.2) is 0 Å². The van der Waals surface area contributed by atoms with E-state index in [-0.39, 0.29) is 0 Å². The first kappa shape index (κ1) is 20.2. The quantitative estimate of drug-likeness (QED) is 0.489. The Morgan fingerprint density at radius 2 is 1.38 bits per heavy atom. The molecule has 29 heavy (non-hydrogen) atoms. The minimum atomic E-state index is 0.665. The highest BCUT2D eigenvalue weighted by Crippen LogP contribution is 2.23. The highest BCUT2D eigenvalue weighted by atomic mass is 35.5. The fourth-order valence-corrected chi connectivity index (χ4v) is 4.35. The lowest BCUT2D eigenvalue weighted by molar-refractivity contribution is 0.119. The number of nitrogens with zero attached hydrogens (tertiary/aromatic N) is 2. The summed E-state index contributed by atoms with van der Waals surface area (Å²) in [7, 11) is 2.27. The summed E-state index contributed by atoms with van der Waals surface area (Å²) >= 11 is 6.00. The first-order chi connectivity index (χ1) is 14.2. The molecule has 1 aliphatic rings. The summed E-state index contributed by atoms with van der Waals surface area (Å²) < 4.78 is 0. The Balaban J connectivity index is 1.28. The molecule has 0 N–H and O–H groups in total. The van der Waals surface area contributed by atoms with E-state index in [0.29, 0.717) is 6.04 Å². The SMILES string of the molecule is CN(Cc1ccc(-c2ccc(Cl)cc2)cc1)C1CCN(Cc2ccccc2)CC1. The summed E-state index contributed by atoms with van der Waals surface area (Å²) in [6.07, 6.45) is 2.48. The summed E-state index contributed by atoms with van der Waals surface area (Å²) in [4.78, 5) is 5.11. The van der Waals surface area contributed by atoms with Crippen molar-refractivity contribution < 1.29 is 0 Å². The Labute approximate surface area is 179 Å². The monoisotopic (exact) mass is 404 g/mol. The summed E-state index contributed by atoms with van der Waals surface area (Å²) in [5.74, 6) is 0. The molecule has 150 valence electrons. The van der Waals surface area contributed by atoms with Crippen LogP contribution in [0.1, 0.15) is 24.0 Å². The molecule has 1 heterocycles. The van der Waals surface area contributed by atoms with Crippen molar-refractivity contribution in [3.8, 4) is 11.1 Å². The molecular formula is C26H29ClN2. The van der Waals surface area contributed by atoms with E-state index in [1.165, 1.54) is 48.2 Å². The molecule has 0 amide bonds. The van der Waals surface area contributed by atoms with Crippen LogP contribution in [0.25, 0.3) is 11.1 Å². The largest absolute Gasteiger partial charge is 0.299 e. The van der Waals surface area contributed by atoms with Crippen molar-refractivity contribution in [1.29, 1.82) is 0 Å². The van der Waals surface area contributed by atoms with Crippen molar-refractivity contribution in [3.05, 3.63) is 95.0 Å². The molecule has 3 aromatic rings. The van der Waals surface area contributed by atoms with Crippen molar-refractivity contribution in [1.82, 2.24) is 9.80 Å². The van der Waals surface area contributed by atoms with E-state index in [0.717, 1.165) is 18.1 Å². The molecule has 0 unspecified atom stereocenters. The number of halogens is 1. The summed E-state index contributed by atoms with van der Waals surface area (Å²) in [5.41, 5.74) is 5.24. The van der Waals surface area contributed by atoms with Gasteiger partial charge in [-0.1, -0.05) is 78.3 Å². The third kappa shape index (κ3) is 5.48. The smallest absolute Gasteiger partial charge is 0.0406 e. The number of hydrogen-bond donors (Lipinski definition) is 0. The van der Waals surface area contributed by atoms with Crippen molar-refractivity contribution in [2.75, 3.05) is 20.1 Å². The second-order valence-electron chi connectivity index (χ2n) is 8.11. The van der Waals surface area contributed by atoms with Crippen LogP contribution in [0.2, 0.25) is 5.02 Å². The Bertz CT molecular complexity index is 882. The third-order valence-corrected chi connectivity index (χ3v) is 6.24. The van der Waals surface area contributed by atoms with Gasteiger partial charge < -0.3 is 0 Å². The molecule has 0 aromatic heterocycles. The maximum Gasteiger partial charge on any atom is 0.0406 e. The van der Waals surface area contributed by atoms with Gasteiger partial charge in [0.1, 0.15) is 0 Å². The molecule has 3 aromatic carbocycles. The molecule has 0 saturated carbocycles. The second kappa shape index (κ2) is 9.58. The third-order valence-electron chi connectivity index (χ3n) is 5.99. The summed E-state index contributed by atoms with van der Waals surface area (Å²) in [6.45, 7) is 4.44. The van der Waals surface area contributed by atoms with Gasteiger partial charge in [-0.25, -0.2) is 0 Å². The van der Waals surface area contributed by atoms with Crippen molar-refractivity contribution in [3.63, 3.8) is 0 Å². The van der Waals surface area contributed by atoms with Crippen molar-refractivity contribution >= 4 is 11.6 Å². The van der Waals surface area contributed by atoms with Gasteiger partial charge in [0.25, 0.3) is 0 Å². The van der Waals surface area contributed by atoms with Crippen LogP contribution >= 0.6 is 11.6 Å². The molecule has 0 spiro atoms. The van der Waals surface area contributed by atoms with Crippen LogP contribution in [-0.2, 0) is 13.1 Å².